The Bertz CT molecular complexity index is 360. The average molecular weight is 194 g/mol. The van der Waals surface area contributed by atoms with Crippen LogP contribution in [-0.2, 0) is 6.54 Å². The van der Waals surface area contributed by atoms with Crippen molar-refractivity contribution in [3.8, 4) is 11.9 Å². The Kier molecular flexibility index (Phi) is 3.29. The quantitative estimate of drug-likeness (QED) is 0.543. The Hall–Kier alpha value is -1.76. The van der Waals surface area contributed by atoms with Gasteiger partial charge in [-0.05, 0) is 17.7 Å². The summed E-state index contributed by atoms with van der Waals surface area (Å²) < 4.78 is 18.0. The lowest BCUT2D eigenvalue weighted by Crippen LogP contribution is -2.10. The zero-order valence-corrected chi connectivity index (χ0v) is 8.12. The molecule has 0 N–H and O–H groups in total. The third-order valence-electron chi connectivity index (χ3n) is 1.81. The number of methoxy groups -OCH3 is 1. The fourth-order valence-corrected chi connectivity index (χ4v) is 1.12. The topological polar surface area (TPSA) is 36.3 Å². The number of rotatable bonds is 3. The van der Waals surface area contributed by atoms with Crippen molar-refractivity contribution < 1.29 is 9.13 Å². The minimum absolute atomic E-state index is 0.216. The molecule has 1 aromatic carbocycles. The summed E-state index contributed by atoms with van der Waals surface area (Å²) in [7, 11) is 3.06. The van der Waals surface area contributed by atoms with Crippen LogP contribution in [0.2, 0.25) is 0 Å². The van der Waals surface area contributed by atoms with Gasteiger partial charge >= 0.3 is 0 Å². The van der Waals surface area contributed by atoms with Crippen LogP contribution in [0.5, 0.6) is 5.75 Å². The minimum Gasteiger partial charge on any atom is -0.494 e. The Balaban J connectivity index is 2.82. The molecule has 0 spiro atoms. The number of ether oxygens (including phenoxy) is 1. The average Bonchev–Trinajstić information content (AvgIpc) is 2.18. The van der Waals surface area contributed by atoms with Gasteiger partial charge in [-0.1, -0.05) is 6.07 Å². The largest absolute Gasteiger partial charge is 0.494 e. The van der Waals surface area contributed by atoms with Gasteiger partial charge in [0.2, 0.25) is 0 Å². The van der Waals surface area contributed by atoms with Gasteiger partial charge in [0, 0.05) is 7.05 Å². The smallest absolute Gasteiger partial charge is 0.179 e. The lowest BCUT2D eigenvalue weighted by molar-refractivity contribution is 0.385. The first kappa shape index (κ1) is 10.3. The lowest BCUT2D eigenvalue weighted by atomic mass is 10.2. The number of hydrogen-bond donors (Lipinski definition) is 0. The van der Waals surface area contributed by atoms with Gasteiger partial charge in [-0.3, -0.25) is 0 Å². The van der Waals surface area contributed by atoms with Gasteiger partial charge < -0.3 is 9.64 Å². The molecule has 0 bridgehead atoms. The van der Waals surface area contributed by atoms with Gasteiger partial charge in [0.05, 0.1) is 13.7 Å². The van der Waals surface area contributed by atoms with E-state index in [1.54, 1.807) is 19.2 Å². The van der Waals surface area contributed by atoms with E-state index in [1.165, 1.54) is 18.1 Å². The second-order valence-corrected chi connectivity index (χ2v) is 2.92. The number of nitriles is 1. The maximum atomic E-state index is 13.2. The predicted octanol–water partition coefficient (Wildman–Crippen LogP) is 1.75. The molecule has 1 rings (SSSR count). The molecule has 0 heterocycles. The molecule has 0 unspecified atom stereocenters. The highest BCUT2D eigenvalue weighted by atomic mass is 19.1. The molecule has 0 aliphatic heterocycles. The van der Waals surface area contributed by atoms with E-state index in [0.717, 1.165) is 5.56 Å². The summed E-state index contributed by atoms with van der Waals surface area (Å²) in [6.45, 7) is 0.400. The molecule has 0 amide bonds. The van der Waals surface area contributed by atoms with Crippen molar-refractivity contribution in [3.05, 3.63) is 29.6 Å². The highest BCUT2D eigenvalue weighted by Crippen LogP contribution is 2.18. The van der Waals surface area contributed by atoms with E-state index in [4.69, 9.17) is 10.00 Å². The number of nitrogens with zero attached hydrogens (tertiary/aromatic N) is 2. The van der Waals surface area contributed by atoms with Crippen molar-refractivity contribution >= 4 is 0 Å². The zero-order valence-electron chi connectivity index (χ0n) is 8.12. The lowest BCUT2D eigenvalue weighted by Gasteiger charge is -2.09. The molecule has 0 atom stereocenters. The molecule has 0 aliphatic carbocycles. The molecule has 0 saturated carbocycles. The molecule has 0 fully saturated rings. The van der Waals surface area contributed by atoms with E-state index in [1.807, 2.05) is 6.19 Å². The Labute approximate surface area is 82.3 Å². The van der Waals surface area contributed by atoms with Crippen LogP contribution in [0.4, 0.5) is 4.39 Å². The summed E-state index contributed by atoms with van der Waals surface area (Å²) in [5.41, 5.74) is 0.743. The number of benzene rings is 1. The zero-order chi connectivity index (χ0) is 10.6. The van der Waals surface area contributed by atoms with Gasteiger partial charge in [-0.25, -0.2) is 4.39 Å². The van der Waals surface area contributed by atoms with Crippen molar-refractivity contribution in [2.75, 3.05) is 14.2 Å². The Morgan fingerprint density at radius 3 is 2.79 bits per heavy atom. The highest BCUT2D eigenvalue weighted by Gasteiger charge is 2.04. The van der Waals surface area contributed by atoms with Gasteiger partial charge in [0.1, 0.15) is 0 Å². The van der Waals surface area contributed by atoms with Crippen molar-refractivity contribution in [2.24, 2.45) is 0 Å². The second kappa shape index (κ2) is 4.47. The molecule has 1 aromatic rings. The van der Waals surface area contributed by atoms with Crippen molar-refractivity contribution in [3.63, 3.8) is 0 Å². The van der Waals surface area contributed by atoms with Crippen molar-refractivity contribution in [1.29, 1.82) is 5.26 Å². The predicted molar refractivity (Wildman–Crippen MR) is 50.0 cm³/mol. The van der Waals surface area contributed by atoms with E-state index < -0.39 is 5.82 Å². The third kappa shape index (κ3) is 2.36. The third-order valence-corrected chi connectivity index (χ3v) is 1.81. The van der Waals surface area contributed by atoms with Gasteiger partial charge in [0.15, 0.2) is 17.8 Å². The maximum Gasteiger partial charge on any atom is 0.179 e. The minimum atomic E-state index is -0.406. The fourth-order valence-electron chi connectivity index (χ4n) is 1.12. The van der Waals surface area contributed by atoms with E-state index in [2.05, 4.69) is 0 Å². The summed E-state index contributed by atoms with van der Waals surface area (Å²) in [4.78, 5) is 1.42. The van der Waals surface area contributed by atoms with Gasteiger partial charge in [0.25, 0.3) is 0 Å². The van der Waals surface area contributed by atoms with E-state index in [9.17, 15) is 4.39 Å². The second-order valence-electron chi connectivity index (χ2n) is 2.92. The van der Waals surface area contributed by atoms with E-state index in [0.29, 0.717) is 6.54 Å². The number of halogens is 1. The van der Waals surface area contributed by atoms with Gasteiger partial charge in [-0.15, -0.1) is 0 Å². The normalized spacial score (nSPS) is 9.29. The van der Waals surface area contributed by atoms with E-state index in [-0.39, 0.29) is 5.75 Å². The molecule has 14 heavy (non-hydrogen) atoms. The summed E-state index contributed by atoms with van der Waals surface area (Å²) in [5, 5.41) is 8.52. The van der Waals surface area contributed by atoms with Crippen molar-refractivity contribution in [2.45, 2.75) is 6.54 Å². The molecule has 4 heteroatoms. The SMILES string of the molecule is COc1ccc(CN(C)C#N)cc1F. The Morgan fingerprint density at radius 1 is 1.57 bits per heavy atom. The van der Waals surface area contributed by atoms with Crippen LogP contribution in [0, 0.1) is 17.3 Å². The molecule has 0 aliphatic rings. The fraction of sp³-hybridized carbons (Fsp3) is 0.300. The Morgan fingerprint density at radius 2 is 2.29 bits per heavy atom. The molecule has 3 nitrogen and oxygen atoms in total. The number of hydrogen-bond acceptors (Lipinski definition) is 3. The molecule has 0 aromatic heterocycles. The van der Waals surface area contributed by atoms with Crippen LogP contribution in [0.15, 0.2) is 18.2 Å². The first-order valence-electron chi connectivity index (χ1n) is 4.10. The molecular formula is C10H11FN2O. The van der Waals surface area contributed by atoms with Crippen molar-refractivity contribution in [1.82, 2.24) is 4.90 Å². The van der Waals surface area contributed by atoms with Crippen LogP contribution >= 0.6 is 0 Å². The summed E-state index contributed by atoms with van der Waals surface area (Å²) in [6.07, 6.45) is 1.94. The standard InChI is InChI=1S/C10H11FN2O/c1-13(7-12)6-8-3-4-10(14-2)9(11)5-8/h3-5H,6H2,1-2H3. The first-order valence-corrected chi connectivity index (χ1v) is 4.10. The maximum absolute atomic E-state index is 13.2. The molecule has 74 valence electrons. The molecular weight excluding hydrogens is 183 g/mol. The first-order chi connectivity index (χ1) is 6.67. The monoisotopic (exact) mass is 194 g/mol. The van der Waals surface area contributed by atoms with Crippen LogP contribution in [0.1, 0.15) is 5.56 Å². The highest BCUT2D eigenvalue weighted by molar-refractivity contribution is 5.29. The molecule has 0 radical (unpaired) electrons. The van der Waals surface area contributed by atoms with E-state index >= 15 is 0 Å². The summed E-state index contributed by atoms with van der Waals surface area (Å²) >= 11 is 0. The van der Waals surface area contributed by atoms with Gasteiger partial charge in [-0.2, -0.15) is 5.26 Å². The van der Waals surface area contributed by atoms with Crippen LogP contribution in [0.25, 0.3) is 0 Å². The molecule has 0 saturated heterocycles. The van der Waals surface area contributed by atoms with Crippen LogP contribution in [0.3, 0.4) is 0 Å². The van der Waals surface area contributed by atoms with Crippen LogP contribution in [-0.4, -0.2) is 19.1 Å². The summed E-state index contributed by atoms with van der Waals surface area (Å²) in [6, 6.07) is 4.65. The van der Waals surface area contributed by atoms with Crippen LogP contribution < -0.4 is 4.74 Å². The summed E-state index contributed by atoms with van der Waals surface area (Å²) in [5.74, 6) is -0.190.